The minimum Gasteiger partial charge on any atom is -0.324 e. The van der Waals surface area contributed by atoms with Gasteiger partial charge in [0.2, 0.25) is 0 Å². The van der Waals surface area contributed by atoms with E-state index in [0.717, 1.165) is 25.2 Å². The molecule has 2 rings (SSSR count). The molecule has 15 heavy (non-hydrogen) atoms. The number of rotatable bonds is 4. The monoisotopic (exact) mass is 223 g/mol. The van der Waals surface area contributed by atoms with E-state index in [0.29, 0.717) is 5.92 Å². The van der Waals surface area contributed by atoms with E-state index in [2.05, 4.69) is 34.5 Å². The molecular weight excluding hydrogens is 206 g/mol. The first-order valence-corrected chi connectivity index (χ1v) is 6.18. The summed E-state index contributed by atoms with van der Waals surface area (Å²) in [4.78, 5) is 6.59. The van der Waals surface area contributed by atoms with E-state index in [4.69, 9.17) is 5.73 Å². The normalized spacial score (nSPS) is 25.3. The average Bonchev–Trinajstić information content (AvgIpc) is 2.77. The number of nitrogens with two attached hydrogens (primary N) is 1. The second kappa shape index (κ2) is 4.88. The van der Waals surface area contributed by atoms with Crippen molar-refractivity contribution in [2.45, 2.75) is 19.0 Å². The van der Waals surface area contributed by atoms with Gasteiger partial charge in [-0.1, -0.05) is 12.2 Å². The van der Waals surface area contributed by atoms with E-state index in [1.807, 2.05) is 5.51 Å². The van der Waals surface area contributed by atoms with Gasteiger partial charge in [-0.25, -0.2) is 4.98 Å². The quantitative estimate of drug-likeness (QED) is 0.786. The Kier molecular flexibility index (Phi) is 3.51. The molecule has 1 aliphatic carbocycles. The topological polar surface area (TPSA) is 42.2 Å². The molecule has 4 heteroatoms. The average molecular weight is 223 g/mol. The molecule has 1 aromatic rings. The number of hydrogen-bond acceptors (Lipinski definition) is 4. The van der Waals surface area contributed by atoms with Crippen LogP contribution in [-0.2, 0) is 6.54 Å². The van der Waals surface area contributed by atoms with Crippen molar-refractivity contribution < 1.29 is 0 Å². The van der Waals surface area contributed by atoms with E-state index in [1.54, 1.807) is 11.3 Å². The lowest BCUT2D eigenvalue weighted by atomic mass is 10.1. The van der Waals surface area contributed by atoms with Crippen LogP contribution in [0.4, 0.5) is 0 Å². The van der Waals surface area contributed by atoms with E-state index in [9.17, 15) is 0 Å². The van der Waals surface area contributed by atoms with Crippen molar-refractivity contribution >= 4 is 11.3 Å². The number of nitrogens with zero attached hydrogens (tertiary/aromatic N) is 2. The fraction of sp³-hybridized carbons (Fsp3) is 0.545. The van der Waals surface area contributed by atoms with Crippen LogP contribution in [0.25, 0.3) is 0 Å². The van der Waals surface area contributed by atoms with Crippen LogP contribution < -0.4 is 5.73 Å². The van der Waals surface area contributed by atoms with Crippen molar-refractivity contribution in [2.24, 2.45) is 11.7 Å². The smallest absolute Gasteiger partial charge is 0.0795 e. The highest BCUT2D eigenvalue weighted by atomic mass is 32.1. The summed E-state index contributed by atoms with van der Waals surface area (Å²) in [5, 5.41) is 2.10. The van der Waals surface area contributed by atoms with E-state index >= 15 is 0 Å². The Labute approximate surface area is 94.6 Å². The molecule has 2 unspecified atom stereocenters. The summed E-state index contributed by atoms with van der Waals surface area (Å²) < 4.78 is 0. The Morgan fingerprint density at radius 1 is 1.60 bits per heavy atom. The van der Waals surface area contributed by atoms with Crippen molar-refractivity contribution in [3.63, 3.8) is 0 Å². The molecule has 1 aromatic heterocycles. The molecule has 0 saturated heterocycles. The van der Waals surface area contributed by atoms with Gasteiger partial charge in [0, 0.05) is 24.5 Å². The molecule has 0 fully saturated rings. The molecule has 2 N–H and O–H groups in total. The lowest BCUT2D eigenvalue weighted by Crippen LogP contribution is -2.26. The van der Waals surface area contributed by atoms with Crippen LogP contribution in [0.15, 0.2) is 23.0 Å². The Bertz CT molecular complexity index is 321. The number of thiazole rings is 1. The molecule has 1 aliphatic rings. The van der Waals surface area contributed by atoms with Crippen molar-refractivity contribution in [2.75, 3.05) is 13.6 Å². The summed E-state index contributed by atoms with van der Waals surface area (Å²) >= 11 is 1.65. The lowest BCUT2D eigenvalue weighted by molar-refractivity contribution is 0.286. The number of hydrogen-bond donors (Lipinski definition) is 1. The summed E-state index contributed by atoms with van der Waals surface area (Å²) in [5.41, 5.74) is 8.87. The first-order chi connectivity index (χ1) is 7.24. The van der Waals surface area contributed by atoms with Gasteiger partial charge in [0.05, 0.1) is 11.2 Å². The summed E-state index contributed by atoms with van der Waals surface area (Å²) in [6, 6.07) is 0.266. The Balaban J connectivity index is 1.78. The van der Waals surface area contributed by atoms with Crippen LogP contribution in [0.1, 0.15) is 12.1 Å². The maximum absolute atomic E-state index is 5.82. The van der Waals surface area contributed by atoms with Gasteiger partial charge in [-0.3, -0.25) is 4.90 Å². The van der Waals surface area contributed by atoms with Crippen LogP contribution in [0.3, 0.4) is 0 Å². The molecular formula is C11H17N3S. The zero-order valence-electron chi connectivity index (χ0n) is 8.97. The van der Waals surface area contributed by atoms with Crippen molar-refractivity contribution in [1.29, 1.82) is 0 Å². The predicted molar refractivity (Wildman–Crippen MR) is 63.7 cm³/mol. The fourth-order valence-corrected chi connectivity index (χ4v) is 2.55. The maximum atomic E-state index is 5.82. The molecule has 82 valence electrons. The summed E-state index contributed by atoms with van der Waals surface area (Å²) in [7, 11) is 2.14. The van der Waals surface area contributed by atoms with Gasteiger partial charge in [0.25, 0.3) is 0 Å². The molecule has 0 bridgehead atoms. The molecule has 0 aromatic carbocycles. The third-order valence-electron chi connectivity index (χ3n) is 2.67. The SMILES string of the molecule is CN(Cc1cscn1)CC1C=CC(N)C1. The highest BCUT2D eigenvalue weighted by molar-refractivity contribution is 7.07. The van der Waals surface area contributed by atoms with Crippen LogP contribution in [0.2, 0.25) is 0 Å². The standard InChI is InChI=1S/C11H17N3S/c1-14(6-11-7-15-8-13-11)5-9-2-3-10(12)4-9/h2-3,7-10H,4-6,12H2,1H3. The molecule has 0 amide bonds. The minimum atomic E-state index is 0.266. The molecule has 3 nitrogen and oxygen atoms in total. The first kappa shape index (κ1) is 10.8. The summed E-state index contributed by atoms with van der Waals surface area (Å²) in [5.74, 6) is 0.614. The molecule has 0 saturated carbocycles. The molecule has 1 heterocycles. The van der Waals surface area contributed by atoms with E-state index in [1.165, 1.54) is 0 Å². The second-order valence-electron chi connectivity index (χ2n) is 4.22. The first-order valence-electron chi connectivity index (χ1n) is 5.23. The fourth-order valence-electron chi connectivity index (χ4n) is 2.00. The zero-order chi connectivity index (χ0) is 10.7. The van der Waals surface area contributed by atoms with E-state index in [-0.39, 0.29) is 6.04 Å². The van der Waals surface area contributed by atoms with Gasteiger partial charge in [0.1, 0.15) is 0 Å². The van der Waals surface area contributed by atoms with Crippen LogP contribution >= 0.6 is 11.3 Å². The predicted octanol–water partition coefficient (Wildman–Crippen LogP) is 1.48. The maximum Gasteiger partial charge on any atom is 0.0795 e. The number of aromatic nitrogens is 1. The van der Waals surface area contributed by atoms with Gasteiger partial charge in [0.15, 0.2) is 0 Å². The molecule has 0 aliphatic heterocycles. The Morgan fingerprint density at radius 3 is 3.07 bits per heavy atom. The molecule has 2 atom stereocenters. The van der Waals surface area contributed by atoms with Crippen LogP contribution in [0, 0.1) is 5.92 Å². The highest BCUT2D eigenvalue weighted by Gasteiger charge is 2.17. The van der Waals surface area contributed by atoms with Gasteiger partial charge in [-0.15, -0.1) is 11.3 Å². The minimum absolute atomic E-state index is 0.266. The van der Waals surface area contributed by atoms with Crippen molar-refractivity contribution in [1.82, 2.24) is 9.88 Å². The highest BCUT2D eigenvalue weighted by Crippen LogP contribution is 2.17. The van der Waals surface area contributed by atoms with Crippen molar-refractivity contribution in [3.05, 3.63) is 28.7 Å². The van der Waals surface area contributed by atoms with Crippen molar-refractivity contribution in [3.8, 4) is 0 Å². The van der Waals surface area contributed by atoms with Gasteiger partial charge in [-0.2, -0.15) is 0 Å². The third-order valence-corrected chi connectivity index (χ3v) is 3.30. The summed E-state index contributed by atoms with van der Waals surface area (Å²) in [6.07, 6.45) is 5.44. The third kappa shape index (κ3) is 3.12. The largest absolute Gasteiger partial charge is 0.324 e. The van der Waals surface area contributed by atoms with Gasteiger partial charge in [-0.05, 0) is 19.4 Å². The van der Waals surface area contributed by atoms with E-state index < -0.39 is 0 Å². The summed E-state index contributed by atoms with van der Waals surface area (Å²) in [6.45, 7) is 2.00. The van der Waals surface area contributed by atoms with Gasteiger partial charge >= 0.3 is 0 Å². The van der Waals surface area contributed by atoms with Gasteiger partial charge < -0.3 is 5.73 Å². The molecule has 0 spiro atoms. The second-order valence-corrected chi connectivity index (χ2v) is 4.94. The lowest BCUT2D eigenvalue weighted by Gasteiger charge is -2.19. The molecule has 0 radical (unpaired) electrons. The van der Waals surface area contributed by atoms with Crippen LogP contribution in [0.5, 0.6) is 0 Å². The van der Waals surface area contributed by atoms with Crippen LogP contribution in [-0.4, -0.2) is 29.5 Å². The Hall–Kier alpha value is -0.710. The Morgan fingerprint density at radius 2 is 2.47 bits per heavy atom. The zero-order valence-corrected chi connectivity index (χ0v) is 9.78.